The third kappa shape index (κ3) is 7.17. The Hall–Kier alpha value is -1.64. The van der Waals surface area contributed by atoms with Crippen LogP contribution in [-0.2, 0) is 27.9 Å². The molecule has 0 aromatic carbocycles. The van der Waals surface area contributed by atoms with Crippen LogP contribution in [0, 0.1) is 35.5 Å². The second kappa shape index (κ2) is 13.3. The predicted octanol–water partition coefficient (Wildman–Crippen LogP) is 6.83. The highest BCUT2D eigenvalue weighted by Crippen LogP contribution is 2.56. The van der Waals surface area contributed by atoms with Crippen LogP contribution in [0.1, 0.15) is 92.9 Å². The van der Waals surface area contributed by atoms with Crippen molar-refractivity contribution < 1.29 is 37.5 Å². The van der Waals surface area contributed by atoms with Crippen molar-refractivity contribution in [2.45, 2.75) is 111 Å². The van der Waals surface area contributed by atoms with Gasteiger partial charge >= 0.3 is 19.8 Å². The number of imide groups is 1. The smallest absolute Gasteiger partial charge is 0.436 e. The summed E-state index contributed by atoms with van der Waals surface area (Å²) in [4.78, 5) is 40.8. The molecule has 10 nitrogen and oxygen atoms in total. The molecule has 3 rings (SSSR count). The van der Waals surface area contributed by atoms with Crippen LogP contribution in [0.5, 0.6) is 0 Å². The molecule has 7 atom stereocenters. The summed E-state index contributed by atoms with van der Waals surface area (Å²) < 4.78 is 36.1. The fourth-order valence-corrected chi connectivity index (χ4v) is 8.15. The minimum Gasteiger partial charge on any atom is -0.445 e. The van der Waals surface area contributed by atoms with Crippen molar-refractivity contribution in [3.05, 3.63) is 0 Å². The number of carbonyl (C=O) groups excluding carboxylic acids is 3. The molecule has 0 unspecified atom stereocenters. The number of hydrogen-bond donors (Lipinski definition) is 0. The van der Waals surface area contributed by atoms with Crippen LogP contribution < -0.4 is 0 Å². The molecule has 0 aromatic rings. The van der Waals surface area contributed by atoms with E-state index in [2.05, 4.69) is 41.5 Å². The summed E-state index contributed by atoms with van der Waals surface area (Å²) in [7, 11) is -1.48. The first-order valence-electron chi connectivity index (χ1n) is 14.6. The Morgan fingerprint density at radius 3 is 1.69 bits per heavy atom. The fraction of sp³-hybridized carbons (Fsp3) is 0.893. The van der Waals surface area contributed by atoms with E-state index in [-0.39, 0.29) is 36.5 Å². The zero-order chi connectivity index (χ0) is 29.1. The van der Waals surface area contributed by atoms with Crippen LogP contribution in [0.15, 0.2) is 0 Å². The molecule has 0 radical (unpaired) electrons. The Balaban J connectivity index is 1.95. The molecule has 2 aliphatic carbocycles. The number of rotatable bonds is 7. The molecule has 1 heterocycles. The van der Waals surface area contributed by atoms with Crippen molar-refractivity contribution in [2.75, 3.05) is 14.2 Å². The van der Waals surface area contributed by atoms with E-state index in [0.717, 1.165) is 30.7 Å². The molecule has 3 aliphatic rings. The lowest BCUT2D eigenvalue weighted by Crippen LogP contribution is -2.61. The molecule has 0 spiro atoms. The van der Waals surface area contributed by atoms with E-state index in [1.165, 1.54) is 14.2 Å². The maximum absolute atomic E-state index is 13.9. The van der Waals surface area contributed by atoms with Crippen molar-refractivity contribution in [1.29, 1.82) is 0 Å². The minimum atomic E-state index is -3.93. The summed E-state index contributed by atoms with van der Waals surface area (Å²) in [6.07, 6.45) is 2.48. The molecule has 11 heteroatoms. The van der Waals surface area contributed by atoms with Gasteiger partial charge < -0.3 is 18.5 Å². The van der Waals surface area contributed by atoms with Crippen LogP contribution in [0.3, 0.4) is 0 Å². The number of amides is 3. The van der Waals surface area contributed by atoms with Crippen LogP contribution in [0.2, 0.25) is 0 Å². The largest absolute Gasteiger partial charge is 0.445 e. The zero-order valence-electron chi connectivity index (χ0n) is 25.0. The fourth-order valence-electron chi connectivity index (χ4n) is 6.60. The van der Waals surface area contributed by atoms with Gasteiger partial charge in [0.2, 0.25) is 0 Å². The Kier molecular flexibility index (Phi) is 10.9. The lowest BCUT2D eigenvalue weighted by atomic mass is 9.75. The van der Waals surface area contributed by atoms with Crippen molar-refractivity contribution >= 4 is 25.7 Å². The normalized spacial score (nSPS) is 32.5. The van der Waals surface area contributed by atoms with E-state index in [9.17, 15) is 18.9 Å². The summed E-state index contributed by atoms with van der Waals surface area (Å²) in [5.74, 6) is -0.262. The highest BCUT2D eigenvalue weighted by Gasteiger charge is 2.53. The van der Waals surface area contributed by atoms with Crippen molar-refractivity contribution in [3.8, 4) is 0 Å². The van der Waals surface area contributed by atoms with E-state index in [1.54, 1.807) is 0 Å². The molecule has 3 amide bonds. The molecule has 224 valence electrons. The Bertz CT molecular complexity index is 919. The second-order valence-electron chi connectivity index (χ2n) is 12.5. The molecule has 1 aliphatic heterocycles. The predicted molar refractivity (Wildman–Crippen MR) is 147 cm³/mol. The van der Waals surface area contributed by atoms with Gasteiger partial charge in [-0.15, -0.1) is 5.01 Å². The van der Waals surface area contributed by atoms with Crippen LogP contribution in [0.25, 0.3) is 0 Å². The van der Waals surface area contributed by atoms with E-state index in [4.69, 9.17) is 18.5 Å². The van der Waals surface area contributed by atoms with Gasteiger partial charge in [-0.25, -0.2) is 9.59 Å². The van der Waals surface area contributed by atoms with E-state index < -0.39 is 43.7 Å². The third-order valence-corrected chi connectivity index (χ3v) is 11.2. The molecule has 0 bridgehead atoms. The Morgan fingerprint density at radius 2 is 1.26 bits per heavy atom. The molecule has 1 saturated heterocycles. The van der Waals surface area contributed by atoms with E-state index in [1.807, 2.05) is 0 Å². The summed E-state index contributed by atoms with van der Waals surface area (Å²) in [6.45, 7) is 12.6. The second-order valence-corrected chi connectivity index (χ2v) is 14.9. The van der Waals surface area contributed by atoms with Gasteiger partial charge in [0.25, 0.3) is 5.91 Å². The first-order chi connectivity index (χ1) is 18.3. The van der Waals surface area contributed by atoms with Crippen molar-refractivity contribution in [3.63, 3.8) is 0 Å². The molecular formula is C28H49N2O8P. The van der Waals surface area contributed by atoms with Gasteiger partial charge in [0.15, 0.2) is 5.78 Å². The topological polar surface area (TPSA) is 112 Å². The molecule has 3 fully saturated rings. The first kappa shape index (κ1) is 31.9. The highest BCUT2D eigenvalue weighted by atomic mass is 31.2. The summed E-state index contributed by atoms with van der Waals surface area (Å²) >= 11 is 0. The third-order valence-electron chi connectivity index (χ3n) is 9.01. The SMILES string of the molecule is COP(=O)(OC)[C@H]1CCC(=O)N(C(=O)O[C@@H]2C[C@H](C)CC[C@H]2C(C)C)N1C(=O)O[C@@H]1C[C@H](C)CC[C@H]1C(C)C. The Labute approximate surface area is 233 Å². The van der Waals surface area contributed by atoms with Crippen molar-refractivity contribution in [1.82, 2.24) is 10.0 Å². The van der Waals surface area contributed by atoms with Gasteiger partial charge in [-0.1, -0.05) is 54.4 Å². The summed E-state index contributed by atoms with van der Waals surface area (Å²) in [5.41, 5.74) is 0. The number of nitrogens with zero attached hydrogens (tertiary/aromatic N) is 2. The molecule has 39 heavy (non-hydrogen) atoms. The van der Waals surface area contributed by atoms with Gasteiger partial charge in [0.1, 0.15) is 12.2 Å². The molecule has 2 saturated carbocycles. The van der Waals surface area contributed by atoms with Gasteiger partial charge in [-0.2, -0.15) is 5.01 Å². The molecular weight excluding hydrogens is 523 g/mol. The lowest BCUT2D eigenvalue weighted by molar-refractivity contribution is -0.154. The Morgan fingerprint density at radius 1 is 0.795 bits per heavy atom. The standard InChI is InChI=1S/C28H49N2O8P/c1-17(2)21-11-9-19(5)15-23(21)37-27(32)29-25(31)13-14-26(39(34,35-7)36-8)30(29)28(33)38-24-16-20(6)10-12-22(24)18(3)4/h17-24,26H,9-16H2,1-8H3/t19-,20-,21+,22+,23-,24-,26+/m1/s1. The number of hydrazine groups is 1. The average Bonchev–Trinajstić information content (AvgIpc) is 2.87. The van der Waals surface area contributed by atoms with Crippen molar-refractivity contribution in [2.24, 2.45) is 35.5 Å². The number of ether oxygens (including phenoxy) is 2. The first-order valence-corrected chi connectivity index (χ1v) is 16.2. The monoisotopic (exact) mass is 572 g/mol. The maximum Gasteiger partial charge on any atom is 0.436 e. The molecule has 0 N–H and O–H groups in total. The van der Waals surface area contributed by atoms with Gasteiger partial charge in [0, 0.05) is 20.6 Å². The minimum absolute atomic E-state index is 0.000428. The van der Waals surface area contributed by atoms with Crippen LogP contribution in [0.4, 0.5) is 9.59 Å². The number of hydrogen-bond acceptors (Lipinski definition) is 8. The lowest BCUT2D eigenvalue weighted by Gasteiger charge is -2.45. The summed E-state index contributed by atoms with van der Waals surface area (Å²) in [5, 5.41) is 1.55. The quantitative estimate of drug-likeness (QED) is 0.305. The average molecular weight is 573 g/mol. The van der Waals surface area contributed by atoms with Gasteiger partial charge in [-0.05, 0) is 67.6 Å². The maximum atomic E-state index is 13.9. The zero-order valence-corrected chi connectivity index (χ0v) is 25.9. The van der Waals surface area contributed by atoms with E-state index >= 15 is 0 Å². The highest BCUT2D eigenvalue weighted by molar-refractivity contribution is 7.54. The van der Waals surface area contributed by atoms with Gasteiger partial charge in [0.05, 0.1) is 0 Å². The van der Waals surface area contributed by atoms with E-state index in [0.29, 0.717) is 29.7 Å². The van der Waals surface area contributed by atoms with Crippen LogP contribution >= 0.6 is 7.60 Å². The van der Waals surface area contributed by atoms with Gasteiger partial charge in [-0.3, -0.25) is 9.36 Å². The number of carbonyl (C=O) groups is 3. The van der Waals surface area contributed by atoms with Crippen LogP contribution in [-0.4, -0.2) is 60.3 Å². The molecule has 0 aromatic heterocycles. The summed E-state index contributed by atoms with van der Waals surface area (Å²) in [6, 6.07) is 0.